The first-order valence-electron chi connectivity index (χ1n) is 5.33. The van der Waals surface area contributed by atoms with E-state index in [1.807, 2.05) is 0 Å². The molecule has 0 saturated heterocycles. The van der Waals surface area contributed by atoms with Crippen LogP contribution in [0.2, 0.25) is 0 Å². The Morgan fingerprint density at radius 1 is 1.17 bits per heavy atom. The van der Waals surface area contributed by atoms with Gasteiger partial charge in [0.2, 0.25) is 0 Å². The topological polar surface area (TPSA) is 39.7 Å². The lowest BCUT2D eigenvalue weighted by Gasteiger charge is -2.18. The van der Waals surface area contributed by atoms with Gasteiger partial charge in [-0.05, 0) is 12.1 Å². The highest BCUT2D eigenvalue weighted by atomic mass is 19.3. The molecule has 6 heteroatoms. The summed E-state index contributed by atoms with van der Waals surface area (Å²) in [7, 11) is 4.31. The van der Waals surface area contributed by atoms with Crippen LogP contribution in [-0.2, 0) is 17.3 Å². The predicted octanol–water partition coefficient (Wildman–Crippen LogP) is 2.47. The van der Waals surface area contributed by atoms with Gasteiger partial charge in [-0.25, -0.2) is 8.78 Å². The number of ether oxygens (including phenoxy) is 2. The van der Waals surface area contributed by atoms with Gasteiger partial charge in [-0.3, -0.25) is 0 Å². The van der Waals surface area contributed by atoms with E-state index < -0.39 is 5.92 Å². The molecule has 4 nitrogen and oxygen atoms in total. The molecule has 1 rings (SSSR count). The van der Waals surface area contributed by atoms with Crippen LogP contribution in [0, 0.1) is 0 Å². The van der Waals surface area contributed by atoms with Gasteiger partial charge in [0.25, 0.3) is 5.92 Å². The van der Waals surface area contributed by atoms with Gasteiger partial charge in [0.15, 0.2) is 11.5 Å². The molecule has 0 heterocycles. The summed E-state index contributed by atoms with van der Waals surface area (Å²) in [6, 6.07) is 2.64. The van der Waals surface area contributed by atoms with Crippen molar-refractivity contribution in [3.8, 4) is 11.5 Å². The van der Waals surface area contributed by atoms with Crippen LogP contribution in [0.25, 0.3) is 0 Å². The fourth-order valence-electron chi connectivity index (χ4n) is 1.58. The molecule has 0 spiro atoms. The Bertz CT molecular complexity index is 405. The molecule has 1 aromatic carbocycles. The van der Waals surface area contributed by atoms with Crippen LogP contribution < -0.4 is 15.0 Å². The molecule has 0 aliphatic heterocycles. The molecule has 1 aromatic rings. The maximum absolute atomic E-state index is 13.4. The second kappa shape index (κ2) is 5.97. The highest BCUT2D eigenvalue weighted by molar-refractivity contribution is 5.50. The number of methoxy groups -OCH3 is 2. The molecule has 102 valence electrons. The van der Waals surface area contributed by atoms with E-state index in [2.05, 4.69) is 5.48 Å². The van der Waals surface area contributed by atoms with Crippen LogP contribution >= 0.6 is 0 Å². The highest BCUT2D eigenvalue weighted by Crippen LogP contribution is 2.38. The van der Waals surface area contributed by atoms with Gasteiger partial charge >= 0.3 is 0 Å². The zero-order valence-electron chi connectivity index (χ0n) is 10.8. The van der Waals surface area contributed by atoms with Crippen molar-refractivity contribution in [1.29, 1.82) is 0 Å². The van der Waals surface area contributed by atoms with Crippen LogP contribution in [0.1, 0.15) is 18.1 Å². The lowest BCUT2D eigenvalue weighted by Crippen LogP contribution is -2.14. The van der Waals surface area contributed by atoms with Gasteiger partial charge in [0.05, 0.1) is 21.3 Å². The largest absolute Gasteiger partial charge is 0.493 e. The zero-order valence-corrected chi connectivity index (χ0v) is 10.8. The predicted molar refractivity (Wildman–Crippen MR) is 63.0 cm³/mol. The van der Waals surface area contributed by atoms with Crippen molar-refractivity contribution in [2.75, 3.05) is 21.3 Å². The van der Waals surface area contributed by atoms with Crippen molar-refractivity contribution in [2.45, 2.75) is 19.4 Å². The lowest BCUT2D eigenvalue weighted by molar-refractivity contribution is 0.0169. The zero-order chi connectivity index (χ0) is 13.8. The monoisotopic (exact) mass is 261 g/mol. The number of hydrogen-bond donors (Lipinski definition) is 1. The molecule has 0 atom stereocenters. The SMILES string of the molecule is CONCc1cc(C(C)(F)F)cc(OC)c1OC. The molecule has 0 radical (unpaired) electrons. The van der Waals surface area contributed by atoms with E-state index in [9.17, 15) is 8.78 Å². The smallest absolute Gasteiger partial charge is 0.270 e. The van der Waals surface area contributed by atoms with Crippen molar-refractivity contribution in [1.82, 2.24) is 5.48 Å². The van der Waals surface area contributed by atoms with E-state index in [0.717, 1.165) is 6.92 Å². The molecule has 0 saturated carbocycles. The van der Waals surface area contributed by atoms with E-state index in [1.54, 1.807) is 0 Å². The Balaban J connectivity index is 3.26. The average Bonchev–Trinajstić information content (AvgIpc) is 2.33. The first kappa shape index (κ1) is 14.7. The number of hydroxylamine groups is 1. The van der Waals surface area contributed by atoms with E-state index in [-0.39, 0.29) is 17.9 Å². The van der Waals surface area contributed by atoms with Crippen LogP contribution in [0.4, 0.5) is 8.78 Å². The third-order valence-electron chi connectivity index (χ3n) is 2.47. The van der Waals surface area contributed by atoms with Crippen LogP contribution in [0.5, 0.6) is 11.5 Å². The summed E-state index contributed by atoms with van der Waals surface area (Å²) >= 11 is 0. The Morgan fingerprint density at radius 3 is 2.28 bits per heavy atom. The second-order valence-corrected chi connectivity index (χ2v) is 3.78. The summed E-state index contributed by atoms with van der Waals surface area (Å²) in [6.45, 7) is 1.07. The van der Waals surface area contributed by atoms with Gasteiger partial charge in [0, 0.05) is 24.6 Å². The first-order chi connectivity index (χ1) is 8.43. The standard InChI is InChI=1S/C12H17F2NO3/c1-12(13,14)9-5-8(7-15-18-4)11(17-3)10(6-9)16-2/h5-6,15H,7H2,1-4H3. The minimum atomic E-state index is -2.94. The Labute approximate surface area is 105 Å². The fourth-order valence-corrected chi connectivity index (χ4v) is 1.58. The van der Waals surface area contributed by atoms with E-state index in [1.165, 1.54) is 33.5 Å². The molecule has 0 fully saturated rings. The summed E-state index contributed by atoms with van der Waals surface area (Å²) < 4.78 is 37.0. The molecule has 0 aliphatic carbocycles. The maximum atomic E-state index is 13.4. The molecular formula is C12H17F2NO3. The molecule has 0 aromatic heterocycles. The van der Waals surface area contributed by atoms with E-state index >= 15 is 0 Å². The van der Waals surface area contributed by atoms with Crippen molar-refractivity contribution >= 4 is 0 Å². The number of nitrogens with one attached hydrogen (secondary N) is 1. The third kappa shape index (κ3) is 3.30. The van der Waals surface area contributed by atoms with Crippen molar-refractivity contribution < 1.29 is 23.1 Å². The highest BCUT2D eigenvalue weighted by Gasteiger charge is 2.27. The third-order valence-corrected chi connectivity index (χ3v) is 2.47. The average molecular weight is 261 g/mol. The van der Waals surface area contributed by atoms with Crippen LogP contribution in [0.15, 0.2) is 12.1 Å². The second-order valence-electron chi connectivity index (χ2n) is 3.78. The summed E-state index contributed by atoms with van der Waals surface area (Å²) in [5.74, 6) is -2.26. The number of benzene rings is 1. The molecular weight excluding hydrogens is 244 g/mol. The van der Waals surface area contributed by atoms with Crippen LogP contribution in [0.3, 0.4) is 0 Å². The van der Waals surface area contributed by atoms with Crippen molar-refractivity contribution in [3.63, 3.8) is 0 Å². The Kier molecular flexibility index (Phi) is 4.86. The van der Waals surface area contributed by atoms with Gasteiger partial charge < -0.3 is 14.3 Å². The number of alkyl halides is 2. The lowest BCUT2D eigenvalue weighted by atomic mass is 10.0. The van der Waals surface area contributed by atoms with E-state index in [0.29, 0.717) is 11.3 Å². The summed E-state index contributed by atoms with van der Waals surface area (Å²) in [6.07, 6.45) is 0. The molecule has 0 bridgehead atoms. The quantitative estimate of drug-likeness (QED) is 0.798. The molecule has 0 unspecified atom stereocenters. The minimum Gasteiger partial charge on any atom is -0.493 e. The van der Waals surface area contributed by atoms with E-state index in [4.69, 9.17) is 14.3 Å². The molecule has 0 amide bonds. The van der Waals surface area contributed by atoms with Gasteiger partial charge in [-0.1, -0.05) is 0 Å². The van der Waals surface area contributed by atoms with Crippen LogP contribution in [-0.4, -0.2) is 21.3 Å². The number of halogens is 2. The first-order valence-corrected chi connectivity index (χ1v) is 5.33. The Morgan fingerprint density at radius 2 is 1.83 bits per heavy atom. The van der Waals surface area contributed by atoms with Gasteiger partial charge in [-0.2, -0.15) is 5.48 Å². The Hall–Kier alpha value is -1.40. The van der Waals surface area contributed by atoms with Gasteiger partial charge in [-0.15, -0.1) is 0 Å². The fraction of sp³-hybridized carbons (Fsp3) is 0.500. The minimum absolute atomic E-state index is 0.131. The van der Waals surface area contributed by atoms with Crippen molar-refractivity contribution in [2.24, 2.45) is 0 Å². The summed E-state index contributed by atoms with van der Waals surface area (Å²) in [4.78, 5) is 4.71. The normalized spacial score (nSPS) is 11.4. The van der Waals surface area contributed by atoms with Crippen molar-refractivity contribution in [3.05, 3.63) is 23.3 Å². The maximum Gasteiger partial charge on any atom is 0.270 e. The molecule has 1 N–H and O–H groups in total. The van der Waals surface area contributed by atoms with Gasteiger partial charge in [0.1, 0.15) is 0 Å². The summed E-state index contributed by atoms with van der Waals surface area (Å²) in [5.41, 5.74) is 2.99. The summed E-state index contributed by atoms with van der Waals surface area (Å²) in [5, 5.41) is 0. The molecule has 18 heavy (non-hydrogen) atoms. The number of rotatable bonds is 6. The molecule has 0 aliphatic rings. The number of hydrogen-bond acceptors (Lipinski definition) is 4.